The molecule has 1 unspecified atom stereocenters. The van der Waals surface area contributed by atoms with Gasteiger partial charge < -0.3 is 28.4 Å². The number of cyclic esters (lactones) is 1. The van der Waals surface area contributed by atoms with Crippen molar-refractivity contribution in [2.24, 2.45) is 11.8 Å². The molecule has 10 nitrogen and oxygen atoms in total. The van der Waals surface area contributed by atoms with Gasteiger partial charge in [-0.3, -0.25) is 14.4 Å². The highest BCUT2D eigenvalue weighted by Crippen LogP contribution is 2.32. The molecular formula is C31H41NO9. The first-order valence-electron chi connectivity index (χ1n) is 14.0. The molecule has 0 amide bonds. The molecule has 41 heavy (non-hydrogen) atoms. The number of benzene rings is 1. The van der Waals surface area contributed by atoms with Crippen molar-refractivity contribution < 1.29 is 42.8 Å². The number of Topliss-reactive ketones (excluding diaryl/α,β-unsaturated/α-hetero) is 1. The highest BCUT2D eigenvalue weighted by molar-refractivity contribution is 5.99. The summed E-state index contributed by atoms with van der Waals surface area (Å²) in [5.41, 5.74) is 1.08. The molecule has 1 fully saturated rings. The Kier molecular flexibility index (Phi) is 12.6. The first-order chi connectivity index (χ1) is 19.7. The van der Waals surface area contributed by atoms with E-state index in [0.717, 1.165) is 18.4 Å². The summed E-state index contributed by atoms with van der Waals surface area (Å²) >= 11 is 0. The molecule has 1 aliphatic rings. The zero-order valence-electron chi connectivity index (χ0n) is 24.5. The van der Waals surface area contributed by atoms with Crippen molar-refractivity contribution in [2.45, 2.75) is 71.7 Å². The number of hydrogen-bond donors (Lipinski definition) is 0. The van der Waals surface area contributed by atoms with E-state index in [0.29, 0.717) is 13.0 Å². The molecule has 1 saturated heterocycles. The molecule has 1 aliphatic heterocycles. The van der Waals surface area contributed by atoms with Crippen LogP contribution < -0.4 is 9.47 Å². The third-order valence-corrected chi connectivity index (χ3v) is 6.89. The molecule has 0 saturated carbocycles. The van der Waals surface area contributed by atoms with Gasteiger partial charge in [0.15, 0.2) is 23.0 Å². The van der Waals surface area contributed by atoms with Crippen LogP contribution in [0.15, 0.2) is 42.6 Å². The van der Waals surface area contributed by atoms with Crippen molar-refractivity contribution in [2.75, 3.05) is 27.1 Å². The van der Waals surface area contributed by atoms with Crippen LogP contribution in [-0.4, -0.2) is 68.1 Å². The maximum Gasteiger partial charge on any atom is 0.312 e. The molecule has 0 radical (unpaired) electrons. The van der Waals surface area contributed by atoms with E-state index < -0.39 is 42.6 Å². The van der Waals surface area contributed by atoms with Crippen molar-refractivity contribution >= 4 is 17.7 Å². The topological polar surface area (TPSA) is 119 Å². The van der Waals surface area contributed by atoms with Crippen LogP contribution in [0.25, 0.3) is 0 Å². The lowest BCUT2D eigenvalue weighted by molar-refractivity contribution is -0.166. The summed E-state index contributed by atoms with van der Waals surface area (Å²) in [5.74, 6) is -2.25. The first kappa shape index (κ1) is 32.0. The lowest BCUT2D eigenvalue weighted by atomic mass is 9.91. The smallest absolute Gasteiger partial charge is 0.312 e. The monoisotopic (exact) mass is 571 g/mol. The molecule has 5 atom stereocenters. The number of hydrogen-bond acceptors (Lipinski definition) is 10. The van der Waals surface area contributed by atoms with Crippen LogP contribution in [0.2, 0.25) is 0 Å². The Labute approximate surface area is 241 Å². The largest absolute Gasteiger partial charge is 0.493 e. The highest BCUT2D eigenvalue weighted by Gasteiger charge is 2.37. The van der Waals surface area contributed by atoms with Crippen molar-refractivity contribution in [1.29, 1.82) is 0 Å². The molecular weight excluding hydrogens is 530 g/mol. The molecule has 224 valence electrons. The number of pyridine rings is 1. The van der Waals surface area contributed by atoms with Gasteiger partial charge in [-0.25, -0.2) is 4.98 Å². The van der Waals surface area contributed by atoms with Gasteiger partial charge in [-0.15, -0.1) is 0 Å². The number of carbonyl (C=O) groups is 3. The van der Waals surface area contributed by atoms with Gasteiger partial charge in [-0.05, 0) is 32.3 Å². The number of ether oxygens (including phenoxy) is 6. The van der Waals surface area contributed by atoms with E-state index in [1.54, 1.807) is 0 Å². The zero-order valence-corrected chi connectivity index (χ0v) is 24.5. The average Bonchev–Trinajstić information content (AvgIpc) is 2.99. The van der Waals surface area contributed by atoms with Gasteiger partial charge in [0.05, 0.1) is 38.4 Å². The summed E-state index contributed by atoms with van der Waals surface area (Å²) in [4.78, 5) is 42.1. The van der Waals surface area contributed by atoms with Crippen molar-refractivity contribution in [3.8, 4) is 11.5 Å². The molecule has 2 heterocycles. The van der Waals surface area contributed by atoms with Crippen LogP contribution in [-0.2, 0) is 35.0 Å². The normalized spacial score (nSPS) is 21.9. The Morgan fingerprint density at radius 1 is 1.15 bits per heavy atom. The SMILES string of the molecule is CCCC(C)O[C@@H]1[C@@H](Cc2ccccc2)COC[C@H](CC(=O)c2nccc(OC)c2OCOC(C)=O)C(=O)O[C@H]1C. The number of nitrogens with zero attached hydrogens (tertiary/aromatic N) is 1. The van der Waals surface area contributed by atoms with Gasteiger partial charge in [0.1, 0.15) is 6.10 Å². The fraction of sp³-hybridized carbons (Fsp3) is 0.548. The van der Waals surface area contributed by atoms with Crippen molar-refractivity contribution in [1.82, 2.24) is 4.98 Å². The maximum atomic E-state index is 13.4. The van der Waals surface area contributed by atoms with Gasteiger partial charge in [0, 0.05) is 31.5 Å². The number of methoxy groups -OCH3 is 1. The van der Waals surface area contributed by atoms with Crippen LogP contribution >= 0.6 is 0 Å². The van der Waals surface area contributed by atoms with E-state index in [1.165, 1.54) is 26.3 Å². The first-order valence-corrected chi connectivity index (χ1v) is 14.0. The summed E-state index contributed by atoms with van der Waals surface area (Å²) in [6.45, 7) is 7.09. The van der Waals surface area contributed by atoms with Crippen LogP contribution in [0.4, 0.5) is 0 Å². The molecule has 0 bridgehead atoms. The Hall–Kier alpha value is -3.50. The second-order valence-electron chi connectivity index (χ2n) is 10.2. The van der Waals surface area contributed by atoms with Gasteiger partial charge in [-0.2, -0.15) is 0 Å². The number of aromatic nitrogens is 1. The third kappa shape index (κ3) is 9.54. The molecule has 3 rings (SSSR count). The quantitative estimate of drug-likeness (QED) is 0.192. The Morgan fingerprint density at radius 2 is 1.90 bits per heavy atom. The fourth-order valence-electron chi connectivity index (χ4n) is 4.87. The van der Waals surface area contributed by atoms with Crippen LogP contribution in [0.5, 0.6) is 11.5 Å². The number of carbonyl (C=O) groups excluding carboxylic acids is 3. The Balaban J connectivity index is 1.80. The zero-order chi connectivity index (χ0) is 29.8. The minimum atomic E-state index is -0.872. The molecule has 2 aromatic rings. The predicted molar refractivity (Wildman–Crippen MR) is 150 cm³/mol. The highest BCUT2D eigenvalue weighted by atomic mass is 16.7. The standard InChI is InChI=1S/C31H41NO9/c1-6-10-20(2)40-29-21(3)41-31(35)25(18-37-17-24(29)15-23-11-8-7-9-12-23)16-26(34)28-30(39-19-38-22(4)33)27(36-5)13-14-32-28/h7-9,11-14,20-21,24-25,29H,6,10,15-19H2,1-5H3/t20?,21-,24-,25-,29-/m0/s1. The molecule has 1 aromatic carbocycles. The van der Waals surface area contributed by atoms with E-state index >= 15 is 0 Å². The van der Waals surface area contributed by atoms with Gasteiger partial charge in [0.2, 0.25) is 6.79 Å². The fourth-order valence-corrected chi connectivity index (χ4v) is 4.87. The van der Waals surface area contributed by atoms with E-state index in [2.05, 4.69) is 24.0 Å². The lowest BCUT2D eigenvalue weighted by Crippen LogP contribution is -2.42. The summed E-state index contributed by atoms with van der Waals surface area (Å²) in [7, 11) is 1.42. The molecule has 0 N–H and O–H groups in total. The summed E-state index contributed by atoms with van der Waals surface area (Å²) in [6.07, 6.45) is 2.73. The summed E-state index contributed by atoms with van der Waals surface area (Å²) in [5, 5.41) is 0. The maximum absolute atomic E-state index is 13.4. The second kappa shape index (κ2) is 16.1. The van der Waals surface area contributed by atoms with E-state index in [9.17, 15) is 14.4 Å². The number of esters is 2. The van der Waals surface area contributed by atoms with Crippen LogP contribution in [0.3, 0.4) is 0 Å². The second-order valence-corrected chi connectivity index (χ2v) is 10.2. The Bertz CT molecular complexity index is 1140. The van der Waals surface area contributed by atoms with E-state index in [-0.39, 0.29) is 42.2 Å². The van der Waals surface area contributed by atoms with E-state index in [4.69, 9.17) is 28.4 Å². The molecule has 0 aliphatic carbocycles. The molecule has 1 aromatic heterocycles. The average molecular weight is 572 g/mol. The third-order valence-electron chi connectivity index (χ3n) is 6.89. The molecule has 0 spiro atoms. The van der Waals surface area contributed by atoms with Crippen LogP contribution in [0.1, 0.15) is 63.0 Å². The lowest BCUT2D eigenvalue weighted by Gasteiger charge is -2.33. The Morgan fingerprint density at radius 3 is 2.59 bits per heavy atom. The minimum absolute atomic E-state index is 0.00652. The van der Waals surface area contributed by atoms with Gasteiger partial charge in [0.25, 0.3) is 0 Å². The summed E-state index contributed by atoms with van der Waals surface area (Å²) < 4.78 is 34.1. The van der Waals surface area contributed by atoms with Gasteiger partial charge in [-0.1, -0.05) is 43.7 Å². The number of ketones is 1. The predicted octanol–water partition coefficient (Wildman–Crippen LogP) is 4.57. The number of rotatable bonds is 13. The summed E-state index contributed by atoms with van der Waals surface area (Å²) in [6, 6.07) is 11.6. The van der Waals surface area contributed by atoms with E-state index in [1.807, 2.05) is 32.0 Å². The minimum Gasteiger partial charge on any atom is -0.493 e. The van der Waals surface area contributed by atoms with Gasteiger partial charge >= 0.3 is 11.9 Å². The van der Waals surface area contributed by atoms with Crippen LogP contribution in [0, 0.1) is 11.8 Å². The molecule has 10 heteroatoms. The van der Waals surface area contributed by atoms with Crippen molar-refractivity contribution in [3.63, 3.8) is 0 Å². The van der Waals surface area contributed by atoms with Crippen molar-refractivity contribution in [3.05, 3.63) is 53.9 Å².